The molecule has 1 saturated heterocycles. The lowest BCUT2D eigenvalue weighted by atomic mass is 9.86. The Morgan fingerprint density at radius 3 is 2.20 bits per heavy atom. The highest BCUT2D eigenvalue weighted by Gasteiger charge is 2.32. The summed E-state index contributed by atoms with van der Waals surface area (Å²) in [6.07, 6.45) is 3.49. The van der Waals surface area contributed by atoms with E-state index in [1.807, 2.05) is 56.3 Å². The number of amides is 2. The molecule has 0 aliphatic carbocycles. The second-order valence-corrected chi connectivity index (χ2v) is 13.2. The van der Waals surface area contributed by atoms with Gasteiger partial charge in [-0.2, -0.15) is 0 Å². The number of likely N-dealkylation sites (tertiary alicyclic amines) is 1. The fraction of sp³-hybridized carbons (Fsp3) is 0.351. The van der Waals surface area contributed by atoms with Crippen LogP contribution in [0, 0.1) is 6.92 Å². The van der Waals surface area contributed by atoms with Crippen LogP contribution in [0.1, 0.15) is 78.8 Å². The molecule has 2 heterocycles. The maximum Gasteiger partial charge on any atom is 0.293 e. The average Bonchev–Trinajstić information content (AvgIpc) is 3.04. The first-order valence-electron chi connectivity index (χ1n) is 15.8. The van der Waals surface area contributed by atoms with E-state index in [9.17, 15) is 19.5 Å². The predicted molar refractivity (Wildman–Crippen MR) is 183 cm³/mol. The molecule has 3 aromatic carbocycles. The zero-order chi connectivity index (χ0) is 33.2. The van der Waals surface area contributed by atoms with Gasteiger partial charge in [0, 0.05) is 54.4 Å². The van der Waals surface area contributed by atoms with Crippen molar-refractivity contribution in [2.24, 2.45) is 7.05 Å². The van der Waals surface area contributed by atoms with Gasteiger partial charge in [-0.15, -0.1) is 0 Å². The quantitative estimate of drug-likeness (QED) is 0.219. The van der Waals surface area contributed by atoms with Crippen LogP contribution in [0.25, 0.3) is 11.3 Å². The monoisotopic (exact) mass is 621 g/mol. The zero-order valence-corrected chi connectivity index (χ0v) is 27.5. The number of anilines is 3. The smallest absolute Gasteiger partial charge is 0.293 e. The molecule has 0 unspecified atom stereocenters. The van der Waals surface area contributed by atoms with Gasteiger partial charge in [-0.05, 0) is 85.2 Å². The van der Waals surface area contributed by atoms with Gasteiger partial charge in [0.25, 0.3) is 17.4 Å². The van der Waals surface area contributed by atoms with Crippen molar-refractivity contribution in [3.8, 4) is 11.3 Å². The van der Waals surface area contributed by atoms with Crippen LogP contribution in [-0.4, -0.2) is 50.1 Å². The molecule has 240 valence electrons. The van der Waals surface area contributed by atoms with E-state index in [1.165, 1.54) is 4.57 Å². The Morgan fingerprint density at radius 1 is 0.957 bits per heavy atom. The number of rotatable bonds is 7. The molecule has 4 aromatic rings. The highest BCUT2D eigenvalue weighted by molar-refractivity contribution is 6.05. The van der Waals surface area contributed by atoms with Crippen molar-refractivity contribution in [2.45, 2.75) is 64.9 Å². The summed E-state index contributed by atoms with van der Waals surface area (Å²) < 4.78 is 1.47. The van der Waals surface area contributed by atoms with Crippen LogP contribution in [0.3, 0.4) is 0 Å². The van der Waals surface area contributed by atoms with Crippen molar-refractivity contribution in [1.29, 1.82) is 0 Å². The van der Waals surface area contributed by atoms with Crippen molar-refractivity contribution < 1.29 is 14.7 Å². The number of hydrogen-bond acceptors (Lipinski definition) is 6. The third-order valence-corrected chi connectivity index (χ3v) is 8.98. The highest BCUT2D eigenvalue weighted by atomic mass is 16.3. The Morgan fingerprint density at radius 2 is 1.59 bits per heavy atom. The Hall–Kier alpha value is -4.76. The molecule has 2 amide bonds. The van der Waals surface area contributed by atoms with Crippen LogP contribution >= 0.6 is 0 Å². The Bertz CT molecular complexity index is 1800. The van der Waals surface area contributed by atoms with Gasteiger partial charge in [0.1, 0.15) is 0 Å². The molecule has 9 nitrogen and oxygen atoms in total. The Balaban J connectivity index is 1.32. The lowest BCUT2D eigenvalue weighted by Crippen LogP contribution is -2.46. The molecule has 5 rings (SSSR count). The number of benzene rings is 3. The van der Waals surface area contributed by atoms with E-state index in [-0.39, 0.29) is 28.6 Å². The summed E-state index contributed by atoms with van der Waals surface area (Å²) >= 11 is 0. The number of carbonyl (C=O) groups excluding carboxylic acids is 2. The number of aryl methyl sites for hydroxylation is 1. The predicted octanol–water partition coefficient (Wildman–Crippen LogP) is 6.43. The van der Waals surface area contributed by atoms with Gasteiger partial charge in [-0.25, -0.2) is 4.98 Å². The van der Waals surface area contributed by atoms with E-state index >= 15 is 0 Å². The molecule has 0 saturated carbocycles. The maximum absolute atomic E-state index is 13.1. The number of piperidine rings is 1. The molecule has 1 aliphatic rings. The van der Waals surface area contributed by atoms with Crippen LogP contribution in [0.15, 0.2) is 77.7 Å². The lowest BCUT2D eigenvalue weighted by molar-refractivity contribution is -0.0193. The summed E-state index contributed by atoms with van der Waals surface area (Å²) in [5, 5.41) is 16.6. The van der Waals surface area contributed by atoms with Gasteiger partial charge >= 0.3 is 0 Å². The van der Waals surface area contributed by atoms with Gasteiger partial charge in [0.2, 0.25) is 0 Å². The van der Waals surface area contributed by atoms with Crippen LogP contribution in [0.5, 0.6) is 0 Å². The molecule has 3 N–H and O–H groups in total. The normalized spacial score (nSPS) is 14.5. The minimum atomic E-state index is -0.689. The van der Waals surface area contributed by atoms with E-state index in [1.54, 1.807) is 42.4 Å². The van der Waals surface area contributed by atoms with Gasteiger partial charge in [0.05, 0.1) is 11.3 Å². The number of nitrogens with zero attached hydrogens (tertiary/aromatic N) is 3. The molecule has 1 aliphatic heterocycles. The van der Waals surface area contributed by atoms with Crippen LogP contribution in [-0.2, 0) is 12.5 Å². The summed E-state index contributed by atoms with van der Waals surface area (Å²) in [4.78, 5) is 45.7. The summed E-state index contributed by atoms with van der Waals surface area (Å²) in [7, 11) is 1.67. The molecule has 9 heteroatoms. The van der Waals surface area contributed by atoms with E-state index in [4.69, 9.17) is 0 Å². The fourth-order valence-corrected chi connectivity index (χ4v) is 5.68. The molecular weight excluding hydrogens is 578 g/mol. The first-order chi connectivity index (χ1) is 21.8. The average molecular weight is 622 g/mol. The number of hydrogen-bond donors (Lipinski definition) is 3. The molecule has 46 heavy (non-hydrogen) atoms. The van der Waals surface area contributed by atoms with Crippen molar-refractivity contribution in [3.05, 3.63) is 106 Å². The zero-order valence-electron chi connectivity index (χ0n) is 27.5. The van der Waals surface area contributed by atoms with Gasteiger partial charge in [-0.3, -0.25) is 14.4 Å². The van der Waals surface area contributed by atoms with E-state index in [0.717, 1.165) is 16.7 Å². The topological polar surface area (TPSA) is 117 Å². The lowest BCUT2D eigenvalue weighted by Gasteiger charge is -2.37. The first kappa shape index (κ1) is 32.6. The van der Waals surface area contributed by atoms with Crippen molar-refractivity contribution in [3.63, 3.8) is 0 Å². The molecule has 0 radical (unpaired) electrons. The number of carbonyl (C=O) groups is 2. The third kappa shape index (κ3) is 7.05. The second-order valence-electron chi connectivity index (χ2n) is 13.2. The minimum Gasteiger partial charge on any atom is -0.390 e. The molecule has 0 spiro atoms. The third-order valence-electron chi connectivity index (χ3n) is 8.98. The largest absolute Gasteiger partial charge is 0.390 e. The van der Waals surface area contributed by atoms with Crippen LogP contribution < -0.4 is 16.2 Å². The summed E-state index contributed by atoms with van der Waals surface area (Å²) in [5.74, 6) is -0.145. The fourth-order valence-electron chi connectivity index (χ4n) is 5.68. The standard InChI is InChI=1S/C37H43N5O4/c1-7-37(46)19-21-42(22-20-37)34(44)26-13-17-28(18-14-26)38-32-35(45)41(6)23-31(39-32)29-9-8-10-30(24(29)2)40-33(43)25-11-15-27(16-12-25)36(3,4)5/h8-18,23,46H,7,19-22H2,1-6H3,(H,38,39)(H,40,43). The molecule has 1 fully saturated rings. The number of nitrogens with one attached hydrogen (secondary N) is 2. The van der Waals surface area contributed by atoms with Gasteiger partial charge < -0.3 is 25.2 Å². The maximum atomic E-state index is 13.1. The van der Waals surface area contributed by atoms with E-state index < -0.39 is 5.60 Å². The van der Waals surface area contributed by atoms with Crippen molar-refractivity contribution >= 4 is 29.0 Å². The Kier molecular flexibility index (Phi) is 9.17. The minimum absolute atomic E-state index is 0.00369. The van der Waals surface area contributed by atoms with Crippen LogP contribution in [0.4, 0.5) is 17.2 Å². The summed E-state index contributed by atoms with van der Waals surface area (Å²) in [5.41, 5.74) is 4.70. The van der Waals surface area contributed by atoms with Crippen molar-refractivity contribution in [1.82, 2.24) is 14.5 Å². The summed E-state index contributed by atoms with van der Waals surface area (Å²) in [6, 6.07) is 20.2. The molecule has 0 atom stereocenters. The first-order valence-corrected chi connectivity index (χ1v) is 15.8. The Labute approximate surface area is 270 Å². The SMILES string of the molecule is CCC1(O)CCN(C(=O)c2ccc(Nc3nc(-c4cccc(NC(=O)c5ccc(C(C)(C)C)cc5)c4C)cn(C)c3=O)cc2)CC1. The highest BCUT2D eigenvalue weighted by Crippen LogP contribution is 2.30. The molecule has 0 bridgehead atoms. The van der Waals surface area contributed by atoms with E-state index in [2.05, 4.69) is 36.4 Å². The van der Waals surface area contributed by atoms with E-state index in [0.29, 0.717) is 60.5 Å². The molecule has 1 aromatic heterocycles. The second kappa shape index (κ2) is 12.9. The van der Waals surface area contributed by atoms with Crippen LogP contribution in [0.2, 0.25) is 0 Å². The van der Waals surface area contributed by atoms with Gasteiger partial charge in [0.15, 0.2) is 5.82 Å². The summed E-state index contributed by atoms with van der Waals surface area (Å²) in [6.45, 7) is 11.3. The molecular formula is C37H43N5O4. The van der Waals surface area contributed by atoms with Gasteiger partial charge in [-0.1, -0.05) is 52.0 Å². The number of aromatic nitrogens is 2. The van der Waals surface area contributed by atoms with Crippen molar-refractivity contribution in [2.75, 3.05) is 23.7 Å². The number of aliphatic hydroxyl groups is 1.